The number of carbonyl (C=O) groups is 1. The Morgan fingerprint density at radius 2 is 2.28 bits per heavy atom. The highest BCUT2D eigenvalue weighted by Crippen LogP contribution is 2.11. The van der Waals surface area contributed by atoms with Crippen molar-refractivity contribution in [2.75, 3.05) is 0 Å². The van der Waals surface area contributed by atoms with Crippen LogP contribution in [0, 0.1) is 11.3 Å². The minimum atomic E-state index is -0.518. The van der Waals surface area contributed by atoms with Crippen molar-refractivity contribution in [2.45, 2.75) is 32.9 Å². The van der Waals surface area contributed by atoms with Gasteiger partial charge in [0, 0.05) is 18.6 Å². The second-order valence-corrected chi connectivity index (χ2v) is 4.93. The van der Waals surface area contributed by atoms with Crippen molar-refractivity contribution in [1.82, 2.24) is 14.2 Å². The fraction of sp³-hybridized carbons (Fsp3) is 0.417. The zero-order chi connectivity index (χ0) is 13.3. The molecule has 18 heavy (non-hydrogen) atoms. The lowest BCUT2D eigenvalue weighted by molar-refractivity contribution is -0.155. The topological polar surface area (TPSA) is 72.3 Å². The number of hydrogen-bond donors (Lipinski definition) is 0. The minimum absolute atomic E-state index is 0.0474. The first kappa shape index (κ1) is 12.2. The van der Waals surface area contributed by atoms with Crippen molar-refractivity contribution in [2.24, 2.45) is 0 Å². The number of hydrogen-bond acceptors (Lipinski definition) is 4. The van der Waals surface area contributed by atoms with Crippen molar-refractivity contribution >= 4 is 11.6 Å². The van der Waals surface area contributed by atoms with E-state index in [0.29, 0.717) is 11.2 Å². The molecule has 0 spiro atoms. The Bertz CT molecular complexity index is 625. The molecule has 2 aromatic heterocycles. The van der Waals surface area contributed by atoms with Crippen molar-refractivity contribution in [1.29, 1.82) is 5.26 Å². The average Bonchev–Trinajstić information content (AvgIpc) is 2.78. The Hall–Kier alpha value is -2.29. The number of nitrogens with zero attached hydrogens (tertiary/aromatic N) is 4. The first-order valence-corrected chi connectivity index (χ1v) is 5.55. The quantitative estimate of drug-likeness (QED) is 0.750. The summed E-state index contributed by atoms with van der Waals surface area (Å²) in [6.07, 6.45) is 4.87. The summed E-state index contributed by atoms with van der Waals surface area (Å²) in [6, 6.07) is 2.04. The third-order valence-electron chi connectivity index (χ3n) is 2.25. The molecule has 0 aliphatic carbocycles. The summed E-state index contributed by atoms with van der Waals surface area (Å²) < 4.78 is 8.49. The summed E-state index contributed by atoms with van der Waals surface area (Å²) in [5.74, 6) is -0.349. The van der Waals surface area contributed by atoms with E-state index in [9.17, 15) is 4.79 Å². The molecule has 6 heteroatoms. The Morgan fingerprint density at radius 3 is 2.89 bits per heavy atom. The SMILES string of the molecule is CC(C)(C)OC(=O)Cn1cc(C#N)c2nccn21. The molecule has 2 heterocycles. The van der Waals surface area contributed by atoms with E-state index in [1.54, 1.807) is 27.8 Å². The lowest BCUT2D eigenvalue weighted by Gasteiger charge is -2.19. The molecule has 0 N–H and O–H groups in total. The van der Waals surface area contributed by atoms with Crippen molar-refractivity contribution in [3.8, 4) is 6.07 Å². The molecule has 0 saturated carbocycles. The largest absolute Gasteiger partial charge is 0.459 e. The lowest BCUT2D eigenvalue weighted by atomic mass is 10.2. The Balaban J connectivity index is 2.25. The van der Waals surface area contributed by atoms with Gasteiger partial charge in [-0.15, -0.1) is 0 Å². The van der Waals surface area contributed by atoms with Crippen molar-refractivity contribution < 1.29 is 9.53 Å². The third kappa shape index (κ3) is 2.35. The Labute approximate surface area is 104 Å². The Kier molecular flexibility index (Phi) is 2.83. The first-order chi connectivity index (χ1) is 8.40. The molecule has 2 rings (SSSR count). The lowest BCUT2D eigenvalue weighted by Crippen LogP contribution is -2.27. The zero-order valence-electron chi connectivity index (χ0n) is 10.5. The van der Waals surface area contributed by atoms with Crippen LogP contribution in [0.25, 0.3) is 5.65 Å². The molecule has 0 unspecified atom stereocenters. The van der Waals surface area contributed by atoms with Crippen LogP contribution in [-0.4, -0.2) is 25.8 Å². The van der Waals surface area contributed by atoms with Gasteiger partial charge in [-0.1, -0.05) is 0 Å². The van der Waals surface area contributed by atoms with E-state index < -0.39 is 5.60 Å². The van der Waals surface area contributed by atoms with E-state index in [-0.39, 0.29) is 12.5 Å². The number of esters is 1. The first-order valence-electron chi connectivity index (χ1n) is 5.55. The summed E-state index contributed by atoms with van der Waals surface area (Å²) in [7, 11) is 0. The van der Waals surface area contributed by atoms with Gasteiger partial charge in [0.2, 0.25) is 0 Å². The zero-order valence-corrected chi connectivity index (χ0v) is 10.5. The third-order valence-corrected chi connectivity index (χ3v) is 2.25. The number of carbonyl (C=O) groups excluding carboxylic acids is 1. The molecule has 0 aromatic carbocycles. The maximum Gasteiger partial charge on any atom is 0.328 e. The van der Waals surface area contributed by atoms with Crippen LogP contribution in [0.3, 0.4) is 0 Å². The summed E-state index contributed by atoms with van der Waals surface area (Å²) in [6.45, 7) is 5.49. The standard InChI is InChI=1S/C12H14N4O2/c1-12(2,3)18-10(17)8-15-7-9(6-13)11-14-4-5-16(11)15/h4-5,7H,8H2,1-3H3. The summed E-state index contributed by atoms with van der Waals surface area (Å²) in [4.78, 5) is 15.8. The molecular weight excluding hydrogens is 232 g/mol. The highest BCUT2D eigenvalue weighted by molar-refractivity contribution is 5.70. The van der Waals surface area contributed by atoms with Crippen LogP contribution in [0.4, 0.5) is 0 Å². The summed E-state index contributed by atoms with van der Waals surface area (Å²) >= 11 is 0. The van der Waals surface area contributed by atoms with Crippen LogP contribution in [0.2, 0.25) is 0 Å². The predicted molar refractivity (Wildman–Crippen MR) is 63.7 cm³/mol. The van der Waals surface area contributed by atoms with Crippen LogP contribution >= 0.6 is 0 Å². The van der Waals surface area contributed by atoms with Gasteiger partial charge in [0.15, 0.2) is 5.65 Å². The van der Waals surface area contributed by atoms with Gasteiger partial charge in [-0.05, 0) is 20.8 Å². The van der Waals surface area contributed by atoms with Crippen LogP contribution < -0.4 is 0 Å². The van der Waals surface area contributed by atoms with Crippen molar-refractivity contribution in [3.63, 3.8) is 0 Å². The van der Waals surface area contributed by atoms with Crippen LogP contribution in [-0.2, 0) is 16.1 Å². The van der Waals surface area contributed by atoms with Gasteiger partial charge in [0.05, 0.1) is 0 Å². The van der Waals surface area contributed by atoms with Gasteiger partial charge in [-0.3, -0.25) is 9.48 Å². The summed E-state index contributed by atoms with van der Waals surface area (Å²) in [5.41, 5.74) is 0.459. The number of ether oxygens (including phenoxy) is 1. The second-order valence-electron chi connectivity index (χ2n) is 4.93. The van der Waals surface area contributed by atoms with Gasteiger partial charge in [-0.25, -0.2) is 9.50 Å². The average molecular weight is 246 g/mol. The maximum atomic E-state index is 11.7. The summed E-state index contributed by atoms with van der Waals surface area (Å²) in [5, 5.41) is 8.96. The second kappa shape index (κ2) is 4.18. The maximum absolute atomic E-state index is 11.7. The van der Waals surface area contributed by atoms with E-state index in [2.05, 4.69) is 4.98 Å². The molecule has 0 amide bonds. The number of aromatic nitrogens is 3. The van der Waals surface area contributed by atoms with Crippen LogP contribution in [0.1, 0.15) is 26.3 Å². The molecule has 0 aliphatic heterocycles. The molecule has 0 saturated heterocycles. The number of nitriles is 1. The smallest absolute Gasteiger partial charge is 0.328 e. The van der Waals surface area contributed by atoms with E-state index in [1.807, 2.05) is 26.8 Å². The van der Waals surface area contributed by atoms with E-state index in [4.69, 9.17) is 10.00 Å². The van der Waals surface area contributed by atoms with Gasteiger partial charge >= 0.3 is 5.97 Å². The highest BCUT2D eigenvalue weighted by atomic mass is 16.6. The molecule has 2 aromatic rings. The number of rotatable bonds is 2. The molecule has 0 radical (unpaired) electrons. The number of imidazole rings is 1. The van der Waals surface area contributed by atoms with E-state index in [0.717, 1.165) is 0 Å². The van der Waals surface area contributed by atoms with Gasteiger partial charge in [0.1, 0.15) is 23.8 Å². The van der Waals surface area contributed by atoms with Gasteiger partial charge < -0.3 is 4.74 Å². The molecular formula is C12H14N4O2. The fourth-order valence-electron chi connectivity index (χ4n) is 1.67. The van der Waals surface area contributed by atoms with Gasteiger partial charge in [0.25, 0.3) is 0 Å². The fourth-order valence-corrected chi connectivity index (χ4v) is 1.67. The number of fused-ring (bicyclic) bond motifs is 1. The van der Waals surface area contributed by atoms with E-state index in [1.165, 1.54) is 0 Å². The monoisotopic (exact) mass is 246 g/mol. The highest BCUT2D eigenvalue weighted by Gasteiger charge is 2.18. The normalized spacial score (nSPS) is 11.4. The minimum Gasteiger partial charge on any atom is -0.459 e. The van der Waals surface area contributed by atoms with E-state index >= 15 is 0 Å². The molecule has 0 aliphatic rings. The molecule has 0 atom stereocenters. The Morgan fingerprint density at radius 1 is 1.56 bits per heavy atom. The molecule has 6 nitrogen and oxygen atoms in total. The van der Waals surface area contributed by atoms with Gasteiger partial charge in [-0.2, -0.15) is 5.26 Å². The van der Waals surface area contributed by atoms with Crippen LogP contribution in [0.15, 0.2) is 18.6 Å². The molecule has 94 valence electrons. The molecule has 0 fully saturated rings. The van der Waals surface area contributed by atoms with Crippen molar-refractivity contribution in [3.05, 3.63) is 24.2 Å². The molecule has 0 bridgehead atoms. The predicted octanol–water partition coefficient (Wildman–Crippen LogP) is 1.35. The van der Waals surface area contributed by atoms with Crippen LogP contribution in [0.5, 0.6) is 0 Å².